The van der Waals surface area contributed by atoms with Gasteiger partial charge in [-0.2, -0.15) is 12.6 Å². The molecule has 5 nitrogen and oxygen atoms in total. The average molecular weight is 178 g/mol. The molecule has 0 heterocycles. The Kier molecular flexibility index (Phi) is 4.64. The smallest absolute Gasteiger partial charge is 0.322 e. The lowest BCUT2D eigenvalue weighted by Crippen LogP contribution is -2.43. The van der Waals surface area contributed by atoms with E-state index in [2.05, 4.69) is 17.9 Å². The minimum absolute atomic E-state index is 0.200. The third kappa shape index (κ3) is 4.63. The molecule has 64 valence electrons. The summed E-state index contributed by atoms with van der Waals surface area (Å²) in [5.41, 5.74) is 5.22. The third-order valence-electron chi connectivity index (χ3n) is 0.947. The summed E-state index contributed by atoms with van der Waals surface area (Å²) in [4.78, 5) is 20.7. The number of hydrogen-bond donors (Lipinski definition) is 4. The summed E-state index contributed by atoms with van der Waals surface area (Å²) in [6, 6.07) is -0.738. The molecule has 0 aromatic carbocycles. The first kappa shape index (κ1) is 10.2. The molecule has 0 bridgehead atoms. The van der Waals surface area contributed by atoms with Gasteiger partial charge in [-0.3, -0.25) is 9.59 Å². The van der Waals surface area contributed by atoms with Gasteiger partial charge in [0.25, 0.3) is 0 Å². The van der Waals surface area contributed by atoms with E-state index < -0.39 is 24.5 Å². The first-order valence-corrected chi connectivity index (χ1v) is 3.57. The predicted molar refractivity (Wildman–Crippen MR) is 42.5 cm³/mol. The monoisotopic (exact) mass is 178 g/mol. The summed E-state index contributed by atoms with van der Waals surface area (Å²) in [5.74, 6) is -1.39. The second kappa shape index (κ2) is 4.97. The van der Waals surface area contributed by atoms with E-state index in [-0.39, 0.29) is 5.75 Å². The van der Waals surface area contributed by atoms with Crippen LogP contribution in [-0.2, 0) is 9.59 Å². The van der Waals surface area contributed by atoms with Gasteiger partial charge in [0.15, 0.2) is 0 Å². The van der Waals surface area contributed by atoms with Crippen LogP contribution in [0.2, 0.25) is 0 Å². The maximum Gasteiger partial charge on any atom is 0.322 e. The first-order valence-electron chi connectivity index (χ1n) is 2.94. The van der Waals surface area contributed by atoms with Crippen LogP contribution in [0.1, 0.15) is 0 Å². The van der Waals surface area contributed by atoms with E-state index in [1.165, 1.54) is 0 Å². The molecule has 0 aliphatic rings. The van der Waals surface area contributed by atoms with E-state index in [0.717, 1.165) is 0 Å². The first-order chi connectivity index (χ1) is 5.07. The Morgan fingerprint density at radius 2 is 2.18 bits per heavy atom. The van der Waals surface area contributed by atoms with Gasteiger partial charge in [0.2, 0.25) is 5.91 Å². The van der Waals surface area contributed by atoms with E-state index in [9.17, 15) is 9.59 Å². The van der Waals surface area contributed by atoms with Crippen molar-refractivity contribution in [3.8, 4) is 0 Å². The number of aliphatic carboxylic acids is 1. The summed E-state index contributed by atoms with van der Waals surface area (Å²) < 4.78 is 0. The molecule has 0 rings (SSSR count). The molecule has 0 saturated carbocycles. The Hall–Kier alpha value is -0.750. The van der Waals surface area contributed by atoms with Gasteiger partial charge in [-0.25, -0.2) is 0 Å². The molecule has 0 aliphatic carbocycles. The van der Waals surface area contributed by atoms with Crippen molar-refractivity contribution in [3.63, 3.8) is 0 Å². The second-order valence-corrected chi connectivity index (χ2v) is 2.27. The minimum Gasteiger partial charge on any atom is -0.480 e. The molecular formula is C5H10N2O3S. The molecule has 0 aromatic rings. The van der Waals surface area contributed by atoms with E-state index in [1.807, 2.05) is 0 Å². The Balaban J connectivity index is 3.60. The molecular weight excluding hydrogens is 168 g/mol. The van der Waals surface area contributed by atoms with Crippen molar-refractivity contribution in [1.82, 2.24) is 5.32 Å². The van der Waals surface area contributed by atoms with Gasteiger partial charge in [0.1, 0.15) is 6.54 Å². The van der Waals surface area contributed by atoms with Crippen molar-refractivity contribution in [2.75, 3.05) is 12.3 Å². The van der Waals surface area contributed by atoms with Crippen LogP contribution in [0.5, 0.6) is 0 Å². The van der Waals surface area contributed by atoms with Crippen molar-refractivity contribution in [1.29, 1.82) is 0 Å². The Morgan fingerprint density at radius 3 is 2.55 bits per heavy atom. The van der Waals surface area contributed by atoms with E-state index >= 15 is 0 Å². The van der Waals surface area contributed by atoms with Crippen molar-refractivity contribution in [2.45, 2.75) is 6.04 Å². The van der Waals surface area contributed by atoms with Gasteiger partial charge >= 0.3 is 5.97 Å². The Labute approximate surface area is 69.4 Å². The molecule has 11 heavy (non-hydrogen) atoms. The molecule has 0 fully saturated rings. The second-order valence-electron chi connectivity index (χ2n) is 1.90. The van der Waals surface area contributed by atoms with Crippen LogP contribution in [0.4, 0.5) is 0 Å². The molecule has 0 spiro atoms. The van der Waals surface area contributed by atoms with Gasteiger partial charge in [-0.05, 0) is 0 Å². The standard InChI is InChI=1S/C5H10N2O3S/c6-3(2-11)5(10)7-1-4(8)9/h3,11H,1-2,6H2,(H,7,10)(H,8,9)/t3-/m1/s1. The number of nitrogens with one attached hydrogen (secondary N) is 1. The highest BCUT2D eigenvalue weighted by molar-refractivity contribution is 7.80. The van der Waals surface area contributed by atoms with Gasteiger partial charge in [-0.1, -0.05) is 0 Å². The van der Waals surface area contributed by atoms with Crippen molar-refractivity contribution >= 4 is 24.5 Å². The van der Waals surface area contributed by atoms with Crippen LogP contribution < -0.4 is 11.1 Å². The molecule has 1 amide bonds. The topological polar surface area (TPSA) is 92.4 Å². The van der Waals surface area contributed by atoms with Crippen LogP contribution in [0.15, 0.2) is 0 Å². The van der Waals surface area contributed by atoms with Crippen molar-refractivity contribution in [2.24, 2.45) is 5.73 Å². The number of amides is 1. The molecule has 0 saturated heterocycles. The molecule has 6 heteroatoms. The third-order valence-corrected chi connectivity index (χ3v) is 1.34. The van der Waals surface area contributed by atoms with Gasteiger partial charge in [0.05, 0.1) is 6.04 Å². The summed E-state index contributed by atoms with van der Waals surface area (Å²) in [6.07, 6.45) is 0. The molecule has 0 unspecified atom stereocenters. The zero-order valence-electron chi connectivity index (χ0n) is 5.78. The molecule has 0 aliphatic heterocycles. The van der Waals surface area contributed by atoms with E-state index in [4.69, 9.17) is 10.8 Å². The average Bonchev–Trinajstić information content (AvgIpc) is 1.98. The van der Waals surface area contributed by atoms with Gasteiger partial charge in [0, 0.05) is 5.75 Å². The van der Waals surface area contributed by atoms with Crippen LogP contribution >= 0.6 is 12.6 Å². The maximum atomic E-state index is 10.7. The number of thiol groups is 1. The minimum atomic E-state index is -1.09. The fourth-order valence-electron chi connectivity index (χ4n) is 0.377. The van der Waals surface area contributed by atoms with Crippen LogP contribution in [0, 0.1) is 0 Å². The number of nitrogens with two attached hydrogens (primary N) is 1. The quantitative estimate of drug-likeness (QED) is 0.392. The lowest BCUT2D eigenvalue weighted by atomic mass is 10.3. The van der Waals surface area contributed by atoms with Crippen molar-refractivity contribution in [3.05, 3.63) is 0 Å². The molecule has 0 radical (unpaired) electrons. The summed E-state index contributed by atoms with van der Waals surface area (Å²) in [6.45, 7) is -0.402. The normalized spacial score (nSPS) is 12.2. The Bertz CT molecular complexity index is 162. The Morgan fingerprint density at radius 1 is 1.64 bits per heavy atom. The van der Waals surface area contributed by atoms with Gasteiger partial charge < -0.3 is 16.2 Å². The summed E-state index contributed by atoms with van der Waals surface area (Å²) in [5, 5.41) is 10.3. The number of hydrogen-bond acceptors (Lipinski definition) is 4. The maximum absolute atomic E-state index is 10.7. The fourth-order valence-corrected chi connectivity index (χ4v) is 0.543. The number of carboxylic acid groups (broad SMARTS) is 1. The predicted octanol–water partition coefficient (Wildman–Crippen LogP) is -1.56. The number of rotatable bonds is 4. The van der Waals surface area contributed by atoms with E-state index in [1.54, 1.807) is 0 Å². The highest BCUT2D eigenvalue weighted by atomic mass is 32.1. The van der Waals surface area contributed by atoms with Gasteiger partial charge in [-0.15, -0.1) is 0 Å². The molecule has 0 aromatic heterocycles. The number of carbonyl (C=O) groups excluding carboxylic acids is 1. The van der Waals surface area contributed by atoms with Crippen LogP contribution in [0.3, 0.4) is 0 Å². The van der Waals surface area contributed by atoms with Crippen LogP contribution in [-0.4, -0.2) is 35.3 Å². The SMILES string of the molecule is N[C@H](CS)C(=O)NCC(=O)O. The van der Waals surface area contributed by atoms with Crippen molar-refractivity contribution < 1.29 is 14.7 Å². The summed E-state index contributed by atoms with van der Waals surface area (Å²) >= 11 is 3.77. The zero-order chi connectivity index (χ0) is 8.85. The lowest BCUT2D eigenvalue weighted by molar-refractivity contribution is -0.138. The fraction of sp³-hybridized carbons (Fsp3) is 0.600. The van der Waals surface area contributed by atoms with Crippen LogP contribution in [0.25, 0.3) is 0 Å². The van der Waals surface area contributed by atoms with E-state index in [0.29, 0.717) is 0 Å². The molecule has 4 N–H and O–H groups in total. The summed E-state index contributed by atoms with van der Waals surface area (Å²) in [7, 11) is 0. The highest BCUT2D eigenvalue weighted by Gasteiger charge is 2.11. The largest absolute Gasteiger partial charge is 0.480 e. The number of carboxylic acids is 1. The number of carbonyl (C=O) groups is 2. The zero-order valence-corrected chi connectivity index (χ0v) is 6.67. The molecule has 1 atom stereocenters. The highest BCUT2D eigenvalue weighted by Crippen LogP contribution is 1.82. The lowest BCUT2D eigenvalue weighted by Gasteiger charge is -2.06.